The van der Waals surface area contributed by atoms with Crippen LogP contribution in [0.5, 0.6) is 0 Å². The van der Waals surface area contributed by atoms with E-state index in [1.807, 2.05) is 0 Å². The first-order chi connectivity index (χ1) is 6.66. The van der Waals surface area contributed by atoms with Crippen LogP contribution in [-0.4, -0.2) is 5.78 Å². The van der Waals surface area contributed by atoms with Gasteiger partial charge in [-0.25, -0.2) is 0 Å². The van der Waals surface area contributed by atoms with E-state index in [1.165, 1.54) is 19.3 Å². The predicted molar refractivity (Wildman–Crippen MR) is 58.0 cm³/mol. The number of allylic oxidation sites excluding steroid dienone is 1. The Balaban J connectivity index is 2.21. The smallest absolute Gasteiger partial charge is 0.133 e. The van der Waals surface area contributed by atoms with Crippen LogP contribution in [-0.2, 0) is 4.79 Å². The summed E-state index contributed by atoms with van der Waals surface area (Å²) in [6.45, 7) is 6.33. The third-order valence-corrected chi connectivity index (χ3v) is 4.55. The van der Waals surface area contributed by atoms with Gasteiger partial charge in [0.1, 0.15) is 5.78 Å². The Bertz CT molecular complexity index is 256. The number of Topliss-reactive ketones (excluding diaryl/α,β-unsaturated/α-hetero) is 1. The Morgan fingerprint density at radius 1 is 1.50 bits per heavy atom. The highest BCUT2D eigenvalue weighted by Crippen LogP contribution is 2.52. The van der Waals surface area contributed by atoms with Gasteiger partial charge in [-0.05, 0) is 36.5 Å². The largest absolute Gasteiger partial charge is 0.300 e. The van der Waals surface area contributed by atoms with E-state index in [0.29, 0.717) is 23.0 Å². The molecule has 3 unspecified atom stereocenters. The molecular formula is C13H20O. The van der Waals surface area contributed by atoms with Crippen LogP contribution in [0.25, 0.3) is 0 Å². The highest BCUT2D eigenvalue weighted by atomic mass is 16.1. The van der Waals surface area contributed by atoms with Crippen LogP contribution in [0, 0.1) is 17.3 Å². The average Bonchev–Trinajstić information content (AvgIpc) is 2.18. The SMILES string of the molecule is C=CC1CCCC2CC(=O)CCC12C. The van der Waals surface area contributed by atoms with Gasteiger partial charge >= 0.3 is 0 Å². The molecule has 0 saturated heterocycles. The highest BCUT2D eigenvalue weighted by molar-refractivity contribution is 5.79. The monoisotopic (exact) mass is 192 g/mol. The zero-order chi connectivity index (χ0) is 10.2. The fraction of sp³-hybridized carbons (Fsp3) is 0.769. The van der Waals surface area contributed by atoms with Crippen molar-refractivity contribution in [3.8, 4) is 0 Å². The maximum absolute atomic E-state index is 11.4. The molecule has 0 aromatic heterocycles. The van der Waals surface area contributed by atoms with Crippen molar-refractivity contribution in [2.45, 2.75) is 45.4 Å². The van der Waals surface area contributed by atoms with Gasteiger partial charge in [0.2, 0.25) is 0 Å². The van der Waals surface area contributed by atoms with Gasteiger partial charge in [0.25, 0.3) is 0 Å². The van der Waals surface area contributed by atoms with Gasteiger partial charge in [0.15, 0.2) is 0 Å². The van der Waals surface area contributed by atoms with Crippen molar-refractivity contribution >= 4 is 5.78 Å². The Morgan fingerprint density at radius 3 is 3.00 bits per heavy atom. The van der Waals surface area contributed by atoms with Gasteiger partial charge in [-0.1, -0.05) is 19.4 Å². The predicted octanol–water partition coefficient (Wildman–Crippen LogP) is 3.35. The summed E-state index contributed by atoms with van der Waals surface area (Å²) in [5.41, 5.74) is 0.383. The molecule has 1 nitrogen and oxygen atoms in total. The molecule has 1 heteroatoms. The van der Waals surface area contributed by atoms with Crippen molar-refractivity contribution in [1.29, 1.82) is 0 Å². The van der Waals surface area contributed by atoms with Crippen molar-refractivity contribution < 1.29 is 4.79 Å². The third kappa shape index (κ3) is 1.43. The van der Waals surface area contributed by atoms with Crippen LogP contribution in [0.4, 0.5) is 0 Å². The summed E-state index contributed by atoms with van der Waals surface area (Å²) in [6.07, 6.45) is 8.68. The fourth-order valence-corrected chi connectivity index (χ4v) is 3.44. The van der Waals surface area contributed by atoms with Crippen molar-refractivity contribution in [1.82, 2.24) is 0 Å². The second kappa shape index (κ2) is 3.52. The Morgan fingerprint density at radius 2 is 2.29 bits per heavy atom. The third-order valence-electron chi connectivity index (χ3n) is 4.55. The van der Waals surface area contributed by atoms with Crippen LogP contribution < -0.4 is 0 Å². The topological polar surface area (TPSA) is 17.1 Å². The van der Waals surface area contributed by atoms with Crippen LogP contribution in [0.15, 0.2) is 12.7 Å². The second-order valence-electron chi connectivity index (χ2n) is 5.22. The molecule has 0 spiro atoms. The van der Waals surface area contributed by atoms with Crippen LogP contribution in [0.2, 0.25) is 0 Å². The molecule has 0 aliphatic heterocycles. The molecule has 14 heavy (non-hydrogen) atoms. The van der Waals surface area contributed by atoms with Gasteiger partial charge in [0, 0.05) is 12.8 Å². The molecule has 0 N–H and O–H groups in total. The lowest BCUT2D eigenvalue weighted by atomic mass is 9.55. The summed E-state index contributed by atoms with van der Waals surface area (Å²) in [5.74, 6) is 1.77. The van der Waals surface area contributed by atoms with Gasteiger partial charge in [-0.3, -0.25) is 4.79 Å². The van der Waals surface area contributed by atoms with Gasteiger partial charge < -0.3 is 0 Å². The summed E-state index contributed by atoms with van der Waals surface area (Å²) in [5, 5.41) is 0. The molecule has 2 aliphatic carbocycles. The molecule has 0 aromatic carbocycles. The van der Waals surface area contributed by atoms with E-state index in [-0.39, 0.29) is 0 Å². The zero-order valence-corrected chi connectivity index (χ0v) is 9.09. The van der Waals surface area contributed by atoms with Crippen LogP contribution >= 0.6 is 0 Å². The lowest BCUT2D eigenvalue weighted by Crippen LogP contribution is -2.42. The van der Waals surface area contributed by atoms with Gasteiger partial charge in [-0.2, -0.15) is 0 Å². The number of hydrogen-bond donors (Lipinski definition) is 0. The molecule has 0 radical (unpaired) electrons. The molecule has 2 aliphatic rings. The Kier molecular flexibility index (Phi) is 2.50. The molecule has 2 saturated carbocycles. The van der Waals surface area contributed by atoms with Crippen molar-refractivity contribution in [2.75, 3.05) is 0 Å². The van der Waals surface area contributed by atoms with E-state index in [2.05, 4.69) is 19.6 Å². The molecular weight excluding hydrogens is 172 g/mol. The fourth-order valence-electron chi connectivity index (χ4n) is 3.44. The standard InChI is InChI=1S/C13H20O/c1-3-10-5-4-6-11-9-12(14)7-8-13(10,11)2/h3,10-11H,1,4-9H2,2H3. The molecule has 2 rings (SSSR count). The summed E-state index contributed by atoms with van der Waals surface area (Å²) < 4.78 is 0. The molecule has 3 atom stereocenters. The number of hydrogen-bond acceptors (Lipinski definition) is 1. The van der Waals surface area contributed by atoms with Crippen molar-refractivity contribution in [3.63, 3.8) is 0 Å². The van der Waals surface area contributed by atoms with Crippen LogP contribution in [0.1, 0.15) is 45.4 Å². The normalized spacial score (nSPS) is 43.1. The highest BCUT2D eigenvalue weighted by Gasteiger charge is 2.45. The first-order valence-electron chi connectivity index (χ1n) is 5.81. The van der Waals surface area contributed by atoms with E-state index in [9.17, 15) is 4.79 Å². The quantitative estimate of drug-likeness (QED) is 0.582. The van der Waals surface area contributed by atoms with Crippen molar-refractivity contribution in [3.05, 3.63) is 12.7 Å². The zero-order valence-electron chi connectivity index (χ0n) is 9.09. The summed E-state index contributed by atoms with van der Waals surface area (Å²) in [6, 6.07) is 0. The summed E-state index contributed by atoms with van der Waals surface area (Å²) >= 11 is 0. The maximum Gasteiger partial charge on any atom is 0.133 e. The minimum Gasteiger partial charge on any atom is -0.300 e. The molecule has 0 bridgehead atoms. The molecule has 0 amide bonds. The molecule has 0 aromatic rings. The van der Waals surface area contributed by atoms with E-state index in [4.69, 9.17) is 0 Å². The number of fused-ring (bicyclic) bond motifs is 1. The maximum atomic E-state index is 11.4. The van der Waals surface area contributed by atoms with Gasteiger partial charge in [-0.15, -0.1) is 6.58 Å². The summed E-state index contributed by atoms with van der Waals surface area (Å²) in [4.78, 5) is 11.4. The van der Waals surface area contributed by atoms with E-state index >= 15 is 0 Å². The minimum atomic E-state index is 0.383. The Labute approximate surface area is 86.6 Å². The van der Waals surface area contributed by atoms with E-state index < -0.39 is 0 Å². The summed E-state index contributed by atoms with van der Waals surface area (Å²) in [7, 11) is 0. The number of rotatable bonds is 1. The molecule has 2 fully saturated rings. The number of ketones is 1. The van der Waals surface area contributed by atoms with E-state index in [0.717, 1.165) is 19.3 Å². The van der Waals surface area contributed by atoms with Crippen molar-refractivity contribution in [2.24, 2.45) is 17.3 Å². The van der Waals surface area contributed by atoms with Crippen LogP contribution in [0.3, 0.4) is 0 Å². The number of carbonyl (C=O) groups excluding carboxylic acids is 1. The Hall–Kier alpha value is -0.590. The lowest BCUT2D eigenvalue weighted by Gasteiger charge is -2.49. The minimum absolute atomic E-state index is 0.383. The molecule has 0 heterocycles. The molecule has 78 valence electrons. The lowest BCUT2D eigenvalue weighted by molar-refractivity contribution is -0.127. The number of carbonyl (C=O) groups is 1. The second-order valence-corrected chi connectivity index (χ2v) is 5.22. The first kappa shape index (κ1) is 9.95. The first-order valence-corrected chi connectivity index (χ1v) is 5.81. The van der Waals surface area contributed by atoms with Gasteiger partial charge in [0.05, 0.1) is 0 Å². The average molecular weight is 192 g/mol. The van der Waals surface area contributed by atoms with E-state index in [1.54, 1.807) is 0 Å².